The van der Waals surface area contributed by atoms with Gasteiger partial charge in [-0.1, -0.05) is 13.8 Å². The zero-order valence-electron chi connectivity index (χ0n) is 12.3. The minimum absolute atomic E-state index is 0.202. The van der Waals surface area contributed by atoms with Crippen molar-refractivity contribution in [3.63, 3.8) is 0 Å². The molecule has 0 spiro atoms. The number of carboxylic acid groups (broad SMARTS) is 1. The third-order valence-corrected chi connectivity index (χ3v) is 3.98. The van der Waals surface area contributed by atoms with Crippen LogP contribution in [0.15, 0.2) is 0 Å². The molecule has 1 heterocycles. The molecule has 0 aromatic carbocycles. The maximum absolute atomic E-state index is 12.3. The van der Waals surface area contributed by atoms with Gasteiger partial charge in [-0.2, -0.15) is 12.6 Å². The van der Waals surface area contributed by atoms with E-state index in [9.17, 15) is 14.4 Å². The van der Waals surface area contributed by atoms with Crippen LogP contribution in [0.1, 0.15) is 26.7 Å². The van der Waals surface area contributed by atoms with Gasteiger partial charge in [-0.25, -0.2) is 4.79 Å². The molecule has 0 aliphatic carbocycles. The number of nitrogens with one attached hydrogen (secondary N) is 1. The Morgan fingerprint density at radius 2 is 2.05 bits per heavy atom. The lowest BCUT2D eigenvalue weighted by atomic mass is 10.0. The number of hydrogen-bond donors (Lipinski definition) is 4. The van der Waals surface area contributed by atoms with E-state index in [1.54, 1.807) is 13.8 Å². The average Bonchev–Trinajstić information content (AvgIpc) is 2.91. The van der Waals surface area contributed by atoms with Crippen LogP contribution in [-0.2, 0) is 14.4 Å². The first-order valence-electron chi connectivity index (χ1n) is 6.99. The number of thiol groups is 1. The second-order valence-corrected chi connectivity index (χ2v) is 5.91. The highest BCUT2D eigenvalue weighted by Gasteiger charge is 2.37. The summed E-state index contributed by atoms with van der Waals surface area (Å²) in [5.41, 5.74) is 5.66. The highest BCUT2D eigenvalue weighted by atomic mass is 32.1. The molecule has 2 amide bonds. The Morgan fingerprint density at radius 3 is 2.52 bits per heavy atom. The van der Waals surface area contributed by atoms with E-state index in [1.807, 2.05) is 0 Å². The van der Waals surface area contributed by atoms with E-state index < -0.39 is 30.0 Å². The first kappa shape index (κ1) is 17.8. The number of carbonyl (C=O) groups is 3. The van der Waals surface area contributed by atoms with Gasteiger partial charge in [0.2, 0.25) is 11.8 Å². The summed E-state index contributed by atoms with van der Waals surface area (Å²) in [6.07, 6.45) is 1.21. The second kappa shape index (κ2) is 7.65. The van der Waals surface area contributed by atoms with Crippen LogP contribution in [0.25, 0.3) is 0 Å². The number of likely N-dealkylation sites (tertiary alicyclic amines) is 1. The fraction of sp³-hybridized carbons (Fsp3) is 0.769. The van der Waals surface area contributed by atoms with E-state index in [0.29, 0.717) is 19.4 Å². The third-order valence-electron chi connectivity index (χ3n) is 3.58. The Hall–Kier alpha value is -1.28. The predicted molar refractivity (Wildman–Crippen MR) is 81.0 cm³/mol. The monoisotopic (exact) mass is 317 g/mol. The number of aliphatic carboxylic acids is 1. The van der Waals surface area contributed by atoms with Crippen LogP contribution in [0.4, 0.5) is 0 Å². The Kier molecular flexibility index (Phi) is 6.47. The molecule has 1 saturated heterocycles. The Bertz CT molecular complexity index is 416. The van der Waals surface area contributed by atoms with Crippen LogP contribution in [0.5, 0.6) is 0 Å². The van der Waals surface area contributed by atoms with E-state index in [1.165, 1.54) is 4.90 Å². The van der Waals surface area contributed by atoms with E-state index in [-0.39, 0.29) is 17.6 Å². The molecule has 120 valence electrons. The summed E-state index contributed by atoms with van der Waals surface area (Å²) in [4.78, 5) is 36.9. The van der Waals surface area contributed by atoms with Crippen LogP contribution in [0.3, 0.4) is 0 Å². The number of carboxylic acids is 1. The molecular formula is C13H23N3O4S. The van der Waals surface area contributed by atoms with Crippen molar-refractivity contribution in [2.75, 3.05) is 12.3 Å². The molecule has 0 saturated carbocycles. The lowest BCUT2D eigenvalue weighted by Crippen LogP contribution is -2.55. The van der Waals surface area contributed by atoms with Crippen molar-refractivity contribution in [3.8, 4) is 0 Å². The molecule has 0 bridgehead atoms. The van der Waals surface area contributed by atoms with E-state index >= 15 is 0 Å². The lowest BCUT2D eigenvalue weighted by molar-refractivity contribution is -0.145. The van der Waals surface area contributed by atoms with Crippen molar-refractivity contribution in [1.29, 1.82) is 0 Å². The first-order chi connectivity index (χ1) is 9.79. The highest BCUT2D eigenvalue weighted by Crippen LogP contribution is 2.19. The molecule has 1 fully saturated rings. The molecule has 1 aliphatic rings. The molecule has 1 rings (SSSR count). The lowest BCUT2D eigenvalue weighted by Gasteiger charge is -2.28. The van der Waals surface area contributed by atoms with Gasteiger partial charge in [0.15, 0.2) is 0 Å². The zero-order valence-corrected chi connectivity index (χ0v) is 13.2. The van der Waals surface area contributed by atoms with Crippen LogP contribution >= 0.6 is 12.6 Å². The molecule has 0 radical (unpaired) electrons. The molecule has 21 heavy (non-hydrogen) atoms. The molecule has 8 heteroatoms. The maximum atomic E-state index is 12.3. The minimum atomic E-state index is -1.08. The van der Waals surface area contributed by atoms with Gasteiger partial charge in [-0.3, -0.25) is 9.59 Å². The smallest absolute Gasteiger partial charge is 0.326 e. The summed E-state index contributed by atoms with van der Waals surface area (Å²) < 4.78 is 0. The van der Waals surface area contributed by atoms with Gasteiger partial charge in [0, 0.05) is 12.3 Å². The molecule has 3 atom stereocenters. The van der Waals surface area contributed by atoms with E-state index in [4.69, 9.17) is 10.8 Å². The molecular weight excluding hydrogens is 294 g/mol. The van der Waals surface area contributed by atoms with Crippen LogP contribution < -0.4 is 11.1 Å². The SMILES string of the molecule is CC(C)[C@H](NC(=O)[C@@H]1CCCN1C(=O)[C@@H](N)CS)C(=O)O. The Balaban J connectivity index is 2.76. The van der Waals surface area contributed by atoms with Crippen LogP contribution in [0.2, 0.25) is 0 Å². The molecule has 4 N–H and O–H groups in total. The average molecular weight is 317 g/mol. The zero-order chi connectivity index (χ0) is 16.2. The third kappa shape index (κ3) is 4.34. The summed E-state index contributed by atoms with van der Waals surface area (Å²) in [6, 6.07) is -2.36. The highest BCUT2D eigenvalue weighted by molar-refractivity contribution is 7.80. The van der Waals surface area contributed by atoms with Crippen LogP contribution in [0, 0.1) is 5.92 Å². The topological polar surface area (TPSA) is 113 Å². The number of rotatable bonds is 6. The van der Waals surface area contributed by atoms with Crippen molar-refractivity contribution >= 4 is 30.4 Å². The van der Waals surface area contributed by atoms with Crippen LogP contribution in [-0.4, -0.2) is 58.2 Å². The van der Waals surface area contributed by atoms with Gasteiger partial charge in [0.25, 0.3) is 0 Å². The number of nitrogens with zero attached hydrogens (tertiary/aromatic N) is 1. The summed E-state index contributed by atoms with van der Waals surface area (Å²) in [6.45, 7) is 3.89. The van der Waals surface area contributed by atoms with Gasteiger partial charge >= 0.3 is 5.97 Å². The van der Waals surface area contributed by atoms with Gasteiger partial charge in [0.05, 0.1) is 6.04 Å². The molecule has 0 aromatic rings. The molecule has 0 unspecified atom stereocenters. The predicted octanol–water partition coefficient (Wildman–Crippen LogP) is -0.540. The number of nitrogens with two attached hydrogens (primary N) is 1. The van der Waals surface area contributed by atoms with E-state index in [0.717, 1.165) is 0 Å². The fourth-order valence-corrected chi connectivity index (χ4v) is 2.51. The molecule has 0 aromatic heterocycles. The van der Waals surface area contributed by atoms with Gasteiger partial charge in [-0.15, -0.1) is 0 Å². The molecule has 7 nitrogen and oxygen atoms in total. The Morgan fingerprint density at radius 1 is 1.43 bits per heavy atom. The Labute approximate surface area is 129 Å². The summed E-state index contributed by atoms with van der Waals surface area (Å²) >= 11 is 3.99. The quantitative estimate of drug-likeness (QED) is 0.492. The summed E-state index contributed by atoms with van der Waals surface area (Å²) in [5.74, 6) is -1.88. The van der Waals surface area contributed by atoms with Crippen molar-refractivity contribution in [1.82, 2.24) is 10.2 Å². The van der Waals surface area contributed by atoms with Crippen molar-refractivity contribution in [3.05, 3.63) is 0 Å². The number of carbonyl (C=O) groups excluding carboxylic acids is 2. The van der Waals surface area contributed by atoms with Gasteiger partial charge in [-0.05, 0) is 18.8 Å². The largest absolute Gasteiger partial charge is 0.480 e. The summed E-state index contributed by atoms with van der Waals surface area (Å²) in [5, 5.41) is 11.6. The second-order valence-electron chi connectivity index (χ2n) is 5.55. The standard InChI is InChI=1S/C13H23N3O4S/c1-7(2)10(13(19)20)15-11(17)9-4-3-5-16(9)12(18)8(14)6-21/h7-10,21H,3-6,14H2,1-2H3,(H,15,17)(H,19,20)/t8-,9-,10-/m0/s1. The fourth-order valence-electron chi connectivity index (χ4n) is 2.36. The first-order valence-corrected chi connectivity index (χ1v) is 7.63. The van der Waals surface area contributed by atoms with Crippen molar-refractivity contribution in [2.24, 2.45) is 11.7 Å². The number of amides is 2. The van der Waals surface area contributed by atoms with Crippen molar-refractivity contribution in [2.45, 2.75) is 44.8 Å². The van der Waals surface area contributed by atoms with E-state index in [2.05, 4.69) is 17.9 Å². The summed E-state index contributed by atoms with van der Waals surface area (Å²) in [7, 11) is 0. The maximum Gasteiger partial charge on any atom is 0.326 e. The van der Waals surface area contributed by atoms with Gasteiger partial charge in [0.1, 0.15) is 12.1 Å². The molecule has 1 aliphatic heterocycles. The normalized spacial score (nSPS) is 21.2. The number of hydrogen-bond acceptors (Lipinski definition) is 5. The minimum Gasteiger partial charge on any atom is -0.480 e. The van der Waals surface area contributed by atoms with Gasteiger partial charge < -0.3 is 21.1 Å². The van der Waals surface area contributed by atoms with Crippen molar-refractivity contribution < 1.29 is 19.5 Å².